The molecule has 2 rings (SSSR count). The van der Waals surface area contributed by atoms with E-state index in [2.05, 4.69) is 15.1 Å². The van der Waals surface area contributed by atoms with Crippen LogP contribution in [0.15, 0.2) is 18.5 Å². The van der Waals surface area contributed by atoms with Gasteiger partial charge in [-0.3, -0.25) is 0 Å². The van der Waals surface area contributed by atoms with E-state index in [1.165, 1.54) is 4.68 Å². The van der Waals surface area contributed by atoms with Gasteiger partial charge < -0.3 is 5.73 Å². The van der Waals surface area contributed by atoms with Crippen LogP contribution in [-0.4, -0.2) is 19.7 Å². The van der Waals surface area contributed by atoms with E-state index < -0.39 is 0 Å². The van der Waals surface area contributed by atoms with Gasteiger partial charge in [0.15, 0.2) is 0 Å². The molecule has 6 heteroatoms. The SMILES string of the molecule is Cc1nn(-c2nccc(N)n2)cc1Cl. The quantitative estimate of drug-likeness (QED) is 0.767. The van der Waals surface area contributed by atoms with E-state index in [0.717, 1.165) is 5.69 Å². The van der Waals surface area contributed by atoms with Crippen LogP contribution in [0.5, 0.6) is 0 Å². The summed E-state index contributed by atoms with van der Waals surface area (Å²) in [4.78, 5) is 8.02. The van der Waals surface area contributed by atoms with Crippen molar-refractivity contribution in [1.82, 2.24) is 19.7 Å². The highest BCUT2D eigenvalue weighted by molar-refractivity contribution is 6.31. The molecule has 0 aliphatic rings. The van der Waals surface area contributed by atoms with Gasteiger partial charge in [-0.1, -0.05) is 11.6 Å². The lowest BCUT2D eigenvalue weighted by Gasteiger charge is -1.98. The van der Waals surface area contributed by atoms with Gasteiger partial charge in [0.1, 0.15) is 5.82 Å². The zero-order valence-corrected chi connectivity index (χ0v) is 8.23. The summed E-state index contributed by atoms with van der Waals surface area (Å²) in [6.45, 7) is 1.81. The summed E-state index contributed by atoms with van der Waals surface area (Å²) in [5.74, 6) is 0.819. The van der Waals surface area contributed by atoms with Gasteiger partial charge in [-0.05, 0) is 13.0 Å². The second-order valence-corrected chi connectivity index (χ2v) is 3.20. The summed E-state index contributed by atoms with van der Waals surface area (Å²) in [5, 5.41) is 4.71. The van der Waals surface area contributed by atoms with E-state index in [0.29, 0.717) is 16.8 Å². The monoisotopic (exact) mass is 209 g/mol. The van der Waals surface area contributed by atoms with Crippen LogP contribution in [0.2, 0.25) is 5.02 Å². The van der Waals surface area contributed by atoms with Crippen molar-refractivity contribution < 1.29 is 0 Å². The Morgan fingerprint density at radius 1 is 1.50 bits per heavy atom. The second kappa shape index (κ2) is 3.26. The lowest BCUT2D eigenvalue weighted by Crippen LogP contribution is -2.03. The first-order chi connectivity index (χ1) is 6.66. The summed E-state index contributed by atoms with van der Waals surface area (Å²) in [6, 6.07) is 1.61. The highest BCUT2D eigenvalue weighted by Gasteiger charge is 2.05. The number of halogens is 1. The molecule has 0 atom stereocenters. The Bertz CT molecular complexity index is 445. The van der Waals surface area contributed by atoms with E-state index >= 15 is 0 Å². The number of aromatic nitrogens is 4. The Kier molecular flexibility index (Phi) is 2.09. The third kappa shape index (κ3) is 1.54. The van der Waals surface area contributed by atoms with Gasteiger partial charge in [-0.15, -0.1) is 0 Å². The lowest BCUT2D eigenvalue weighted by molar-refractivity contribution is 0.799. The number of hydrogen-bond donors (Lipinski definition) is 1. The van der Waals surface area contributed by atoms with Crippen molar-refractivity contribution in [2.24, 2.45) is 0 Å². The minimum Gasteiger partial charge on any atom is -0.384 e. The molecule has 0 radical (unpaired) electrons. The largest absolute Gasteiger partial charge is 0.384 e. The van der Waals surface area contributed by atoms with Crippen LogP contribution in [-0.2, 0) is 0 Å². The van der Waals surface area contributed by atoms with Crippen LogP contribution in [0.4, 0.5) is 5.82 Å². The molecule has 2 N–H and O–H groups in total. The molecule has 5 nitrogen and oxygen atoms in total. The Morgan fingerprint density at radius 2 is 2.29 bits per heavy atom. The summed E-state index contributed by atoms with van der Waals surface area (Å²) in [6.07, 6.45) is 3.22. The zero-order valence-electron chi connectivity index (χ0n) is 7.48. The van der Waals surface area contributed by atoms with Gasteiger partial charge in [0.25, 0.3) is 5.95 Å². The molecule has 2 aromatic heterocycles. The van der Waals surface area contributed by atoms with Crippen LogP contribution in [0.1, 0.15) is 5.69 Å². The van der Waals surface area contributed by atoms with Crippen LogP contribution in [0.3, 0.4) is 0 Å². The Labute approximate surface area is 85.5 Å². The standard InChI is InChI=1S/C8H8ClN5/c1-5-6(9)4-14(13-5)8-11-3-2-7(10)12-8/h2-4H,1H3,(H2,10,11,12). The van der Waals surface area contributed by atoms with Gasteiger partial charge in [0.2, 0.25) is 0 Å². The molecular weight excluding hydrogens is 202 g/mol. The summed E-state index contributed by atoms with van der Waals surface area (Å²) < 4.78 is 1.49. The van der Waals surface area contributed by atoms with Crippen molar-refractivity contribution >= 4 is 17.4 Å². The predicted octanol–water partition coefficient (Wildman–Crippen LogP) is 1.21. The first kappa shape index (κ1) is 8.96. The van der Waals surface area contributed by atoms with Crippen molar-refractivity contribution in [1.29, 1.82) is 0 Å². The molecule has 0 spiro atoms. The highest BCUT2D eigenvalue weighted by Crippen LogP contribution is 2.14. The molecule has 2 aromatic rings. The number of rotatable bonds is 1. The maximum Gasteiger partial charge on any atom is 0.252 e. The second-order valence-electron chi connectivity index (χ2n) is 2.79. The van der Waals surface area contributed by atoms with Gasteiger partial charge in [0.05, 0.1) is 16.9 Å². The molecule has 0 aliphatic carbocycles. The fourth-order valence-electron chi connectivity index (χ4n) is 1.01. The normalized spacial score (nSPS) is 10.4. The van der Waals surface area contributed by atoms with Crippen LogP contribution < -0.4 is 5.73 Å². The molecule has 0 saturated carbocycles. The fraction of sp³-hybridized carbons (Fsp3) is 0.125. The molecule has 0 amide bonds. The van der Waals surface area contributed by atoms with Gasteiger partial charge >= 0.3 is 0 Å². The topological polar surface area (TPSA) is 69.6 Å². The maximum absolute atomic E-state index is 5.85. The number of aryl methyl sites for hydroxylation is 1. The number of nitrogens with zero attached hydrogens (tertiary/aromatic N) is 4. The summed E-state index contributed by atoms with van der Waals surface area (Å²) in [5.41, 5.74) is 6.25. The van der Waals surface area contributed by atoms with E-state index in [1.807, 2.05) is 6.92 Å². The van der Waals surface area contributed by atoms with Crippen molar-refractivity contribution in [2.45, 2.75) is 6.92 Å². The minimum absolute atomic E-state index is 0.402. The van der Waals surface area contributed by atoms with Crippen LogP contribution in [0, 0.1) is 6.92 Å². The van der Waals surface area contributed by atoms with E-state index in [-0.39, 0.29) is 0 Å². The average molecular weight is 210 g/mol. The van der Waals surface area contributed by atoms with Crippen LogP contribution >= 0.6 is 11.6 Å². The Morgan fingerprint density at radius 3 is 2.86 bits per heavy atom. The number of nitrogen functional groups attached to an aromatic ring is 1. The third-order valence-corrected chi connectivity index (χ3v) is 2.08. The Hall–Kier alpha value is -1.62. The molecule has 14 heavy (non-hydrogen) atoms. The minimum atomic E-state index is 0.402. The van der Waals surface area contributed by atoms with Gasteiger partial charge in [0, 0.05) is 6.20 Å². The first-order valence-electron chi connectivity index (χ1n) is 3.97. The summed E-state index contributed by atoms with van der Waals surface area (Å²) in [7, 11) is 0. The predicted molar refractivity (Wildman–Crippen MR) is 53.3 cm³/mol. The van der Waals surface area contributed by atoms with Crippen molar-refractivity contribution in [3.05, 3.63) is 29.2 Å². The van der Waals surface area contributed by atoms with E-state index in [1.54, 1.807) is 18.5 Å². The number of hydrogen-bond acceptors (Lipinski definition) is 4. The van der Waals surface area contributed by atoms with Crippen molar-refractivity contribution in [3.63, 3.8) is 0 Å². The third-order valence-electron chi connectivity index (χ3n) is 1.71. The molecule has 0 aromatic carbocycles. The molecule has 0 aliphatic heterocycles. The average Bonchev–Trinajstić information content (AvgIpc) is 2.47. The van der Waals surface area contributed by atoms with Crippen molar-refractivity contribution in [2.75, 3.05) is 5.73 Å². The molecule has 0 fully saturated rings. The fourth-order valence-corrected chi connectivity index (χ4v) is 1.14. The molecule has 72 valence electrons. The van der Waals surface area contributed by atoms with Crippen molar-refractivity contribution in [3.8, 4) is 5.95 Å². The van der Waals surface area contributed by atoms with E-state index in [9.17, 15) is 0 Å². The van der Waals surface area contributed by atoms with E-state index in [4.69, 9.17) is 17.3 Å². The molecule has 2 heterocycles. The Balaban J connectivity index is 2.49. The van der Waals surface area contributed by atoms with Gasteiger partial charge in [-0.25, -0.2) is 9.67 Å². The van der Waals surface area contributed by atoms with Crippen LogP contribution in [0.25, 0.3) is 5.95 Å². The molecule has 0 saturated heterocycles. The maximum atomic E-state index is 5.85. The molecule has 0 unspecified atom stereocenters. The number of nitrogens with two attached hydrogens (primary N) is 1. The molecular formula is C8H8ClN5. The van der Waals surface area contributed by atoms with Gasteiger partial charge in [-0.2, -0.15) is 10.1 Å². The smallest absolute Gasteiger partial charge is 0.252 e. The summed E-state index contributed by atoms with van der Waals surface area (Å²) >= 11 is 5.85. The zero-order chi connectivity index (χ0) is 10.1. The molecule has 0 bridgehead atoms. The lowest BCUT2D eigenvalue weighted by atomic mass is 10.5. The number of anilines is 1. The first-order valence-corrected chi connectivity index (χ1v) is 4.35. The highest BCUT2D eigenvalue weighted by atomic mass is 35.5.